The van der Waals surface area contributed by atoms with E-state index in [1.54, 1.807) is 12.1 Å². The molecule has 1 aromatic heterocycles. The van der Waals surface area contributed by atoms with Crippen LogP contribution in [0.2, 0.25) is 0 Å². The van der Waals surface area contributed by atoms with Crippen molar-refractivity contribution in [1.29, 1.82) is 0 Å². The molecule has 7 nitrogen and oxygen atoms in total. The molecule has 2 saturated heterocycles. The molecule has 0 unspecified atom stereocenters. The third kappa shape index (κ3) is 11.5. The monoisotopic (exact) mass is 726 g/mol. The molecule has 6 rings (SSSR count). The number of ether oxygens (including phenoxy) is 3. The molecule has 0 saturated carbocycles. The molecule has 0 aliphatic carbocycles. The van der Waals surface area contributed by atoms with Crippen LogP contribution in [0.3, 0.4) is 0 Å². The van der Waals surface area contributed by atoms with E-state index < -0.39 is 11.4 Å². The van der Waals surface area contributed by atoms with E-state index >= 15 is 0 Å². The average Bonchev–Trinajstić information content (AvgIpc) is 3.39. The third-order valence-electron chi connectivity index (χ3n) is 9.75. The number of aromatic nitrogens is 1. The zero-order valence-electron chi connectivity index (χ0n) is 32.7. The van der Waals surface area contributed by atoms with Crippen LogP contribution >= 0.6 is 0 Å². The van der Waals surface area contributed by atoms with Crippen LogP contribution in [0.25, 0.3) is 22.4 Å². The number of hydrogen-bond donors (Lipinski definition) is 2. The van der Waals surface area contributed by atoms with Crippen LogP contribution < -0.4 is 5.32 Å². The molecular formula is C45H59FN2O5. The largest absolute Gasteiger partial charge is 0.505 e. The van der Waals surface area contributed by atoms with Crippen molar-refractivity contribution in [2.75, 3.05) is 13.1 Å². The van der Waals surface area contributed by atoms with Crippen LogP contribution in [-0.4, -0.2) is 52.3 Å². The van der Waals surface area contributed by atoms with E-state index in [1.807, 2.05) is 65.0 Å². The number of nitrogens with zero attached hydrogens (tertiary/aromatic N) is 1. The van der Waals surface area contributed by atoms with Crippen molar-refractivity contribution in [3.8, 4) is 28.1 Å². The molecule has 2 atom stereocenters. The van der Waals surface area contributed by atoms with Gasteiger partial charge in [0.05, 0.1) is 30.0 Å². The van der Waals surface area contributed by atoms with Crippen molar-refractivity contribution in [1.82, 2.24) is 9.88 Å². The second-order valence-corrected chi connectivity index (χ2v) is 16.2. The van der Waals surface area contributed by atoms with Gasteiger partial charge in [-0.2, -0.15) is 0 Å². The van der Waals surface area contributed by atoms with Gasteiger partial charge in [-0.3, -0.25) is 4.79 Å². The lowest BCUT2D eigenvalue weighted by Crippen LogP contribution is -2.46. The molecule has 2 aliphatic heterocycles. The van der Waals surface area contributed by atoms with Crippen molar-refractivity contribution in [3.63, 3.8) is 0 Å². The fourth-order valence-electron chi connectivity index (χ4n) is 7.62. The lowest BCUT2D eigenvalue weighted by atomic mass is 9.91. The number of nitrogens with one attached hydrogen (secondary N) is 1. The Morgan fingerprint density at radius 3 is 2.13 bits per heavy atom. The molecule has 0 amide bonds. The van der Waals surface area contributed by atoms with Crippen LogP contribution in [0.15, 0.2) is 84.9 Å². The van der Waals surface area contributed by atoms with Crippen LogP contribution in [0.4, 0.5) is 4.39 Å². The highest BCUT2D eigenvalue weighted by Gasteiger charge is 2.37. The van der Waals surface area contributed by atoms with Gasteiger partial charge in [0.1, 0.15) is 17.2 Å². The summed E-state index contributed by atoms with van der Waals surface area (Å²) in [5.41, 5.74) is 5.02. The van der Waals surface area contributed by atoms with Gasteiger partial charge in [0, 0.05) is 18.5 Å². The van der Waals surface area contributed by atoms with Gasteiger partial charge in [-0.05, 0) is 126 Å². The number of halogens is 1. The van der Waals surface area contributed by atoms with Crippen LogP contribution in [0.1, 0.15) is 97.7 Å². The summed E-state index contributed by atoms with van der Waals surface area (Å²) < 4.78 is 33.9. The normalized spacial score (nSPS) is 19.0. The second-order valence-electron chi connectivity index (χ2n) is 16.2. The van der Waals surface area contributed by atoms with Gasteiger partial charge < -0.3 is 29.2 Å². The average molecular weight is 727 g/mol. The highest BCUT2D eigenvalue weighted by molar-refractivity contribution is 5.88. The summed E-state index contributed by atoms with van der Waals surface area (Å²) in [6.07, 6.45) is 4.77. The highest BCUT2D eigenvalue weighted by Crippen LogP contribution is 2.46. The number of carbonyl (C=O) groups is 1. The topological polar surface area (TPSA) is 82.0 Å². The maximum absolute atomic E-state index is 13.9. The molecule has 0 bridgehead atoms. The first kappa shape index (κ1) is 40.2. The van der Waals surface area contributed by atoms with Crippen LogP contribution in [0, 0.1) is 11.7 Å². The SMILES string of the molecule is CC(C)c1c(O)c(-c2ccccc2)c(-c2ccc(F)cc2)n1CC[C@@H]1C[C@H](CC(=O)OC(C)(C)C)OC(C)(C)O1.c1ccc(CC2CCNCC2)cc1. The highest BCUT2D eigenvalue weighted by atomic mass is 19.1. The number of piperidine rings is 1. The molecule has 4 aromatic rings. The first-order valence-electron chi connectivity index (χ1n) is 19.3. The number of rotatable bonds is 10. The van der Waals surface area contributed by atoms with E-state index in [0.717, 1.165) is 34.0 Å². The van der Waals surface area contributed by atoms with Gasteiger partial charge in [-0.1, -0.05) is 74.5 Å². The minimum Gasteiger partial charge on any atom is -0.505 e. The summed E-state index contributed by atoms with van der Waals surface area (Å²) >= 11 is 0. The fourth-order valence-corrected chi connectivity index (χ4v) is 7.62. The Balaban J connectivity index is 0.000000347. The Bertz CT molecular complexity index is 1740. The van der Waals surface area contributed by atoms with Gasteiger partial charge in [0.25, 0.3) is 0 Å². The number of aromatic hydroxyl groups is 1. The summed E-state index contributed by atoms with van der Waals surface area (Å²) in [7, 11) is 0. The summed E-state index contributed by atoms with van der Waals surface area (Å²) in [5.74, 6) is -0.295. The lowest BCUT2D eigenvalue weighted by molar-refractivity contribution is -0.301. The number of esters is 1. The number of carbonyl (C=O) groups excluding carboxylic acids is 1. The molecule has 53 heavy (non-hydrogen) atoms. The molecule has 2 aliphatic rings. The lowest BCUT2D eigenvalue weighted by Gasteiger charge is -2.41. The first-order valence-corrected chi connectivity index (χ1v) is 19.3. The van der Waals surface area contributed by atoms with E-state index in [0.29, 0.717) is 19.4 Å². The van der Waals surface area contributed by atoms with Crippen molar-refractivity contribution >= 4 is 5.97 Å². The molecule has 8 heteroatoms. The van der Waals surface area contributed by atoms with Gasteiger partial charge in [0.2, 0.25) is 0 Å². The predicted molar refractivity (Wildman–Crippen MR) is 210 cm³/mol. The van der Waals surface area contributed by atoms with Crippen molar-refractivity contribution in [2.45, 2.75) is 123 Å². The molecular weight excluding hydrogens is 668 g/mol. The zero-order valence-corrected chi connectivity index (χ0v) is 32.7. The molecule has 2 fully saturated rings. The third-order valence-corrected chi connectivity index (χ3v) is 9.75. The molecule has 0 spiro atoms. The molecule has 3 heterocycles. The minimum absolute atomic E-state index is 0.0311. The zero-order chi connectivity index (χ0) is 38.2. The van der Waals surface area contributed by atoms with Gasteiger partial charge >= 0.3 is 5.97 Å². The van der Waals surface area contributed by atoms with Crippen molar-refractivity contribution in [3.05, 3.63) is 102 Å². The Morgan fingerprint density at radius 1 is 0.925 bits per heavy atom. The maximum Gasteiger partial charge on any atom is 0.308 e. The standard InChI is InChI=1S/C33H42FNO5.C12H17N/c1-21(2)29-31(37)28(22-11-9-8-10-12-22)30(23-13-15-24(34)16-14-23)35(29)18-17-25-19-26(39-33(6,7)38-25)20-27(36)40-32(3,4)5;1-2-4-11(5-3-1)10-12-6-8-13-9-7-12/h8-16,21,25-26,37H,17-20H2,1-7H3;1-5,12-13H,6-10H2/t25-,26-;/m1./s1. The smallest absolute Gasteiger partial charge is 0.308 e. The van der Waals surface area contributed by atoms with E-state index in [-0.39, 0.29) is 42.1 Å². The van der Waals surface area contributed by atoms with Gasteiger partial charge in [-0.25, -0.2) is 4.39 Å². The Kier molecular flexibility index (Phi) is 13.6. The van der Waals surface area contributed by atoms with E-state index in [9.17, 15) is 14.3 Å². The summed E-state index contributed by atoms with van der Waals surface area (Å²) in [5, 5.41) is 15.0. The molecule has 3 aromatic carbocycles. The van der Waals surface area contributed by atoms with E-state index in [2.05, 4.69) is 54.1 Å². The molecule has 0 radical (unpaired) electrons. The quantitative estimate of drug-likeness (QED) is 0.158. The van der Waals surface area contributed by atoms with Crippen molar-refractivity contribution in [2.24, 2.45) is 5.92 Å². The first-order chi connectivity index (χ1) is 25.2. The summed E-state index contributed by atoms with van der Waals surface area (Å²) in [4.78, 5) is 12.5. The maximum atomic E-state index is 13.9. The van der Waals surface area contributed by atoms with Gasteiger partial charge in [0.15, 0.2) is 5.79 Å². The van der Waals surface area contributed by atoms with Crippen molar-refractivity contribution < 1.29 is 28.5 Å². The molecule has 2 N–H and O–H groups in total. The van der Waals surface area contributed by atoms with Crippen LogP contribution in [0.5, 0.6) is 5.75 Å². The predicted octanol–water partition coefficient (Wildman–Crippen LogP) is 10.1. The van der Waals surface area contributed by atoms with Crippen LogP contribution in [-0.2, 0) is 32.0 Å². The van der Waals surface area contributed by atoms with Gasteiger partial charge in [-0.15, -0.1) is 0 Å². The Labute approximate surface area is 315 Å². The van der Waals surface area contributed by atoms with E-state index in [4.69, 9.17) is 14.2 Å². The number of hydrogen-bond acceptors (Lipinski definition) is 6. The second kappa shape index (κ2) is 17.9. The summed E-state index contributed by atoms with van der Waals surface area (Å²) in [6, 6.07) is 27.0. The van der Waals surface area contributed by atoms with E-state index in [1.165, 1.54) is 50.0 Å². The number of benzene rings is 3. The fraction of sp³-hybridized carbons (Fsp3) is 0.489. The Hall–Kier alpha value is -3.98. The molecule has 286 valence electrons. The summed E-state index contributed by atoms with van der Waals surface area (Å²) in [6.45, 7) is 16.4. The minimum atomic E-state index is -0.857. The Morgan fingerprint density at radius 2 is 1.53 bits per heavy atom.